The Labute approximate surface area is 307 Å². The molecule has 4 aliphatic rings. The fourth-order valence-electron chi connectivity index (χ4n) is 7.78. The van der Waals surface area contributed by atoms with Crippen LogP contribution in [0.5, 0.6) is 5.75 Å². The third-order valence-corrected chi connectivity index (χ3v) is 10.3. The number of nitrogens with one attached hydrogen (secondary N) is 1. The smallest absolute Gasteiger partial charge is 0.270 e. The second kappa shape index (κ2) is 15.4. The molecule has 2 N–H and O–H groups in total. The van der Waals surface area contributed by atoms with Crippen LogP contribution in [0.1, 0.15) is 84.4 Å². The molecule has 12 nitrogen and oxygen atoms in total. The summed E-state index contributed by atoms with van der Waals surface area (Å²) in [6.07, 6.45) is 1.86. The Kier molecular flexibility index (Phi) is 11.3. The Bertz CT molecular complexity index is 1620. The van der Waals surface area contributed by atoms with Gasteiger partial charge in [-0.25, -0.2) is 0 Å². The van der Waals surface area contributed by atoms with E-state index in [-0.39, 0.29) is 49.0 Å². The van der Waals surface area contributed by atoms with E-state index in [4.69, 9.17) is 18.9 Å². The zero-order valence-electron chi connectivity index (χ0n) is 31.7. The molecule has 2 aliphatic heterocycles. The summed E-state index contributed by atoms with van der Waals surface area (Å²) < 4.78 is 23.4. The number of carbonyl (C=O) groups is 3. The van der Waals surface area contributed by atoms with Gasteiger partial charge in [-0.3, -0.25) is 19.3 Å². The molecular formula is C40H56N4O8. The standard InChI is InChI=1S/C40H56N4O8/c1-8-50-33-21-25-12-9-10-13-30(25)34(33)41-35(45)26-20-27(24-42(23-26)38(48)52-39(2,3)4)36(46)44(28-14-15-28)29-16-17-32-31(22-29)43(18-11-19-49-7)37(47)40(5,6)51-32/h9-10,12-13,16-17,22,26-28,33-34,38,48H,8,11,14-15,18-21,23-24H2,1-7H3,(H,41,45)/t26?,27-,33+,34+,38?/m1/s1. The van der Waals surface area contributed by atoms with Crippen LogP contribution >= 0.6 is 0 Å². The molecule has 3 amide bonds. The van der Waals surface area contributed by atoms with E-state index in [1.54, 1.807) is 30.8 Å². The molecule has 6 rings (SSSR count). The largest absolute Gasteiger partial charge is 0.476 e. The van der Waals surface area contributed by atoms with Crippen LogP contribution in [0.15, 0.2) is 42.5 Å². The molecule has 0 bridgehead atoms. The van der Waals surface area contributed by atoms with Crippen molar-refractivity contribution in [3.63, 3.8) is 0 Å². The van der Waals surface area contributed by atoms with E-state index in [0.29, 0.717) is 56.1 Å². The molecule has 1 saturated heterocycles. The summed E-state index contributed by atoms with van der Waals surface area (Å²) in [5.41, 5.74) is 1.79. The van der Waals surface area contributed by atoms with Crippen LogP contribution in [-0.2, 0) is 35.0 Å². The Hall–Kier alpha value is -3.55. The Morgan fingerprint density at radius 1 is 1.12 bits per heavy atom. The van der Waals surface area contributed by atoms with E-state index in [1.807, 2.05) is 69.0 Å². The monoisotopic (exact) mass is 720 g/mol. The molecule has 5 atom stereocenters. The van der Waals surface area contributed by atoms with Crippen molar-refractivity contribution in [2.75, 3.05) is 49.8 Å². The van der Waals surface area contributed by atoms with Crippen molar-refractivity contribution < 1.29 is 38.4 Å². The second-order valence-electron chi connectivity index (χ2n) is 16.0. The fourth-order valence-corrected chi connectivity index (χ4v) is 7.78. The van der Waals surface area contributed by atoms with Crippen LogP contribution in [0.2, 0.25) is 0 Å². The van der Waals surface area contributed by atoms with E-state index >= 15 is 0 Å². The molecule has 2 aliphatic carbocycles. The summed E-state index contributed by atoms with van der Waals surface area (Å²) in [6, 6.07) is 13.3. The van der Waals surface area contributed by atoms with Gasteiger partial charge in [0, 0.05) is 58.1 Å². The highest BCUT2D eigenvalue weighted by Crippen LogP contribution is 2.43. The summed E-state index contributed by atoms with van der Waals surface area (Å²) >= 11 is 0. The summed E-state index contributed by atoms with van der Waals surface area (Å²) in [4.78, 5) is 47.8. The Morgan fingerprint density at radius 3 is 2.54 bits per heavy atom. The number of aliphatic hydroxyl groups is 1. The number of hydrogen-bond acceptors (Lipinski definition) is 9. The van der Waals surface area contributed by atoms with E-state index in [2.05, 4.69) is 11.4 Å². The number of anilines is 2. The first-order valence-corrected chi connectivity index (χ1v) is 18.8. The second-order valence-corrected chi connectivity index (χ2v) is 16.0. The molecule has 0 aromatic heterocycles. The molecule has 12 heteroatoms. The van der Waals surface area contributed by atoms with Crippen LogP contribution in [0.3, 0.4) is 0 Å². The van der Waals surface area contributed by atoms with Gasteiger partial charge in [0.25, 0.3) is 5.91 Å². The number of nitrogens with zero attached hydrogens (tertiary/aromatic N) is 3. The SMILES string of the molecule is CCO[C@H]1Cc2ccccc2[C@@H]1NC(=O)C1C[C@@H](C(=O)N(c2ccc3c(c2)N(CCCOC)C(=O)C(C)(C)O3)C2CC2)CN(C(O)OC(C)(C)C)C1. The molecule has 52 heavy (non-hydrogen) atoms. The zero-order valence-corrected chi connectivity index (χ0v) is 31.7. The normalized spacial score (nSPS) is 24.8. The number of piperidine rings is 1. The molecule has 2 heterocycles. The topological polar surface area (TPSA) is 130 Å². The third-order valence-electron chi connectivity index (χ3n) is 10.3. The van der Waals surface area contributed by atoms with Crippen molar-refractivity contribution in [1.29, 1.82) is 0 Å². The minimum atomic E-state index is -1.31. The lowest BCUT2D eigenvalue weighted by Gasteiger charge is -2.42. The first kappa shape index (κ1) is 38.2. The number of methoxy groups -OCH3 is 1. The summed E-state index contributed by atoms with van der Waals surface area (Å²) in [6.45, 7) is 13.0. The lowest BCUT2D eigenvalue weighted by Crippen LogP contribution is -2.56. The van der Waals surface area contributed by atoms with E-state index in [9.17, 15) is 19.5 Å². The zero-order chi connectivity index (χ0) is 37.4. The lowest BCUT2D eigenvalue weighted by molar-refractivity contribution is -0.247. The number of amides is 3. The van der Waals surface area contributed by atoms with Crippen molar-refractivity contribution in [2.45, 2.75) is 109 Å². The van der Waals surface area contributed by atoms with Gasteiger partial charge in [-0.2, -0.15) is 0 Å². The molecule has 2 fully saturated rings. The number of likely N-dealkylation sites (tertiary alicyclic amines) is 1. The van der Waals surface area contributed by atoms with E-state index in [0.717, 1.165) is 24.0 Å². The quantitative estimate of drug-likeness (QED) is 0.226. The molecule has 2 aromatic carbocycles. The van der Waals surface area contributed by atoms with Gasteiger partial charge in [0.2, 0.25) is 18.2 Å². The maximum Gasteiger partial charge on any atom is 0.270 e. The van der Waals surface area contributed by atoms with Gasteiger partial charge in [-0.05, 0) is 96.6 Å². The maximum absolute atomic E-state index is 14.8. The highest BCUT2D eigenvalue weighted by molar-refractivity contribution is 6.04. The first-order chi connectivity index (χ1) is 24.7. The lowest BCUT2D eigenvalue weighted by atomic mass is 9.87. The highest BCUT2D eigenvalue weighted by Gasteiger charge is 2.46. The number of benzene rings is 2. The molecule has 284 valence electrons. The van der Waals surface area contributed by atoms with Gasteiger partial charge in [-0.1, -0.05) is 24.3 Å². The van der Waals surface area contributed by atoms with Crippen LogP contribution in [-0.4, -0.2) is 97.4 Å². The molecule has 0 radical (unpaired) electrons. The molecule has 2 aromatic rings. The fraction of sp³-hybridized carbons (Fsp3) is 0.625. The number of rotatable bonds is 13. The average Bonchev–Trinajstić information content (AvgIpc) is 3.87. The van der Waals surface area contributed by atoms with Gasteiger partial charge in [0.15, 0.2) is 5.60 Å². The molecule has 2 unspecified atom stereocenters. The number of ether oxygens (including phenoxy) is 4. The van der Waals surface area contributed by atoms with Crippen molar-refractivity contribution in [1.82, 2.24) is 10.2 Å². The predicted octanol–water partition coefficient (Wildman–Crippen LogP) is 4.57. The summed E-state index contributed by atoms with van der Waals surface area (Å²) in [7, 11) is 1.64. The number of hydrogen-bond donors (Lipinski definition) is 2. The minimum Gasteiger partial charge on any atom is -0.476 e. The maximum atomic E-state index is 14.8. The third kappa shape index (κ3) is 8.31. The van der Waals surface area contributed by atoms with Gasteiger partial charge in [-0.15, -0.1) is 0 Å². The van der Waals surface area contributed by atoms with Gasteiger partial charge >= 0.3 is 0 Å². The average molecular weight is 721 g/mol. The van der Waals surface area contributed by atoms with Crippen LogP contribution in [0.4, 0.5) is 11.4 Å². The van der Waals surface area contributed by atoms with Crippen molar-refractivity contribution >= 4 is 29.1 Å². The number of carbonyl (C=O) groups excluding carboxylic acids is 3. The summed E-state index contributed by atoms with van der Waals surface area (Å²) in [5.74, 6) is -1.08. The Balaban J connectivity index is 1.28. The van der Waals surface area contributed by atoms with Crippen LogP contribution in [0, 0.1) is 11.8 Å². The van der Waals surface area contributed by atoms with Gasteiger partial charge < -0.3 is 39.2 Å². The summed E-state index contributed by atoms with van der Waals surface area (Å²) in [5, 5.41) is 14.6. The molecule has 1 saturated carbocycles. The number of fused-ring (bicyclic) bond motifs is 2. The van der Waals surface area contributed by atoms with Crippen molar-refractivity contribution in [3.05, 3.63) is 53.6 Å². The van der Waals surface area contributed by atoms with Crippen molar-refractivity contribution in [3.8, 4) is 5.75 Å². The minimum absolute atomic E-state index is 0.00974. The van der Waals surface area contributed by atoms with Gasteiger partial charge in [0.1, 0.15) is 5.75 Å². The number of aliphatic hydroxyl groups excluding tert-OH is 1. The predicted molar refractivity (Wildman–Crippen MR) is 197 cm³/mol. The van der Waals surface area contributed by atoms with Crippen LogP contribution < -0.4 is 19.9 Å². The first-order valence-electron chi connectivity index (χ1n) is 18.8. The molecule has 0 spiro atoms. The Morgan fingerprint density at radius 2 is 1.85 bits per heavy atom. The van der Waals surface area contributed by atoms with Crippen LogP contribution in [0.25, 0.3) is 0 Å². The van der Waals surface area contributed by atoms with Gasteiger partial charge in [0.05, 0.1) is 35.3 Å². The molecular weight excluding hydrogens is 664 g/mol. The van der Waals surface area contributed by atoms with E-state index < -0.39 is 29.5 Å². The highest BCUT2D eigenvalue weighted by atomic mass is 16.6. The van der Waals surface area contributed by atoms with E-state index in [1.165, 1.54) is 0 Å². The van der Waals surface area contributed by atoms with Crippen molar-refractivity contribution in [2.24, 2.45) is 11.8 Å².